The molecule has 0 heterocycles. The Hall–Kier alpha value is -0.690. The van der Waals surface area contributed by atoms with E-state index in [9.17, 15) is 0 Å². The highest BCUT2D eigenvalue weighted by atomic mass is 32.2. The van der Waals surface area contributed by atoms with Crippen LogP contribution in [0.25, 0.3) is 0 Å². The molecule has 0 nitrogen and oxygen atoms in total. The standard InChI is InChI=1S/C14H20S/c1-3-4-5-7-10-13(2)15-14-11-8-6-9-12-14/h6,8-12H,3-5,7H2,1-2H3/b13-10+. The van der Waals surface area contributed by atoms with E-state index in [1.165, 1.54) is 35.5 Å². The molecule has 0 saturated carbocycles. The third kappa shape index (κ3) is 5.68. The average Bonchev–Trinajstić information content (AvgIpc) is 2.26. The summed E-state index contributed by atoms with van der Waals surface area (Å²) in [7, 11) is 0. The Labute approximate surface area is 97.8 Å². The first kappa shape index (κ1) is 12.4. The second-order valence-electron chi connectivity index (χ2n) is 3.73. The number of unbranched alkanes of at least 4 members (excludes halogenated alkanes) is 3. The summed E-state index contributed by atoms with van der Waals surface area (Å²) < 4.78 is 0. The molecule has 0 unspecified atom stereocenters. The Morgan fingerprint density at radius 2 is 1.93 bits per heavy atom. The monoisotopic (exact) mass is 220 g/mol. The fourth-order valence-electron chi connectivity index (χ4n) is 1.42. The third-order valence-electron chi connectivity index (χ3n) is 2.26. The SMILES string of the molecule is CCCCC/C=C(\C)Sc1ccccc1. The number of allylic oxidation sites excluding steroid dienone is 2. The fraction of sp³-hybridized carbons (Fsp3) is 0.429. The van der Waals surface area contributed by atoms with Crippen molar-refractivity contribution >= 4 is 11.8 Å². The van der Waals surface area contributed by atoms with Crippen LogP contribution in [-0.4, -0.2) is 0 Å². The van der Waals surface area contributed by atoms with Crippen LogP contribution in [0.3, 0.4) is 0 Å². The molecule has 0 bridgehead atoms. The minimum atomic E-state index is 1.22. The van der Waals surface area contributed by atoms with Crippen molar-refractivity contribution in [2.24, 2.45) is 0 Å². The van der Waals surface area contributed by atoms with Crippen molar-refractivity contribution < 1.29 is 0 Å². The van der Waals surface area contributed by atoms with Crippen LogP contribution in [0, 0.1) is 0 Å². The van der Waals surface area contributed by atoms with Gasteiger partial charge in [-0.3, -0.25) is 0 Å². The molecule has 0 atom stereocenters. The first-order valence-electron chi connectivity index (χ1n) is 5.72. The van der Waals surface area contributed by atoms with Gasteiger partial charge < -0.3 is 0 Å². The van der Waals surface area contributed by atoms with E-state index in [0.717, 1.165) is 0 Å². The Morgan fingerprint density at radius 1 is 1.20 bits per heavy atom. The van der Waals surface area contributed by atoms with Crippen LogP contribution in [0.2, 0.25) is 0 Å². The lowest BCUT2D eigenvalue weighted by Crippen LogP contribution is -1.74. The van der Waals surface area contributed by atoms with E-state index in [1.54, 1.807) is 0 Å². The van der Waals surface area contributed by atoms with Crippen molar-refractivity contribution in [2.45, 2.75) is 44.4 Å². The minimum absolute atomic E-state index is 1.22. The van der Waals surface area contributed by atoms with E-state index < -0.39 is 0 Å². The highest BCUT2D eigenvalue weighted by molar-refractivity contribution is 8.03. The van der Waals surface area contributed by atoms with Crippen LogP contribution in [0.15, 0.2) is 46.2 Å². The maximum Gasteiger partial charge on any atom is 0.0118 e. The van der Waals surface area contributed by atoms with E-state index in [1.807, 2.05) is 11.8 Å². The molecule has 0 aliphatic rings. The first-order chi connectivity index (χ1) is 7.33. The summed E-state index contributed by atoms with van der Waals surface area (Å²) in [4.78, 5) is 2.75. The van der Waals surface area contributed by atoms with Gasteiger partial charge in [-0.25, -0.2) is 0 Å². The van der Waals surface area contributed by atoms with Crippen LogP contribution >= 0.6 is 11.8 Å². The number of hydrogen-bond acceptors (Lipinski definition) is 1. The third-order valence-corrected chi connectivity index (χ3v) is 3.26. The van der Waals surface area contributed by atoms with E-state index in [2.05, 4.69) is 50.3 Å². The zero-order valence-corrected chi connectivity index (χ0v) is 10.5. The van der Waals surface area contributed by atoms with Gasteiger partial charge in [-0.2, -0.15) is 0 Å². The van der Waals surface area contributed by atoms with E-state index in [0.29, 0.717) is 0 Å². The molecule has 0 aromatic heterocycles. The lowest BCUT2D eigenvalue weighted by Gasteiger charge is -2.01. The van der Waals surface area contributed by atoms with E-state index in [-0.39, 0.29) is 0 Å². The number of benzene rings is 1. The number of rotatable bonds is 6. The maximum atomic E-state index is 2.35. The molecular weight excluding hydrogens is 200 g/mol. The molecule has 0 N–H and O–H groups in total. The fourth-order valence-corrected chi connectivity index (χ4v) is 2.28. The summed E-state index contributed by atoms with van der Waals surface area (Å²) in [6, 6.07) is 10.6. The van der Waals surface area contributed by atoms with Gasteiger partial charge in [0, 0.05) is 4.90 Å². The van der Waals surface area contributed by atoms with Crippen LogP contribution < -0.4 is 0 Å². The average molecular weight is 220 g/mol. The predicted octanol–water partition coefficient (Wildman–Crippen LogP) is 5.26. The molecule has 1 aromatic carbocycles. The summed E-state index contributed by atoms with van der Waals surface area (Å²) in [6.07, 6.45) is 7.55. The molecule has 0 saturated heterocycles. The second kappa shape index (κ2) is 7.58. The van der Waals surface area contributed by atoms with Crippen LogP contribution in [-0.2, 0) is 0 Å². The van der Waals surface area contributed by atoms with Crippen LogP contribution in [0.4, 0.5) is 0 Å². The lowest BCUT2D eigenvalue weighted by atomic mass is 10.2. The molecule has 0 fully saturated rings. The first-order valence-corrected chi connectivity index (χ1v) is 6.54. The molecule has 1 heteroatoms. The summed E-state index contributed by atoms with van der Waals surface area (Å²) in [6.45, 7) is 4.44. The van der Waals surface area contributed by atoms with Crippen molar-refractivity contribution in [3.05, 3.63) is 41.3 Å². The molecule has 1 rings (SSSR count). The van der Waals surface area contributed by atoms with Gasteiger partial charge in [0.05, 0.1) is 0 Å². The van der Waals surface area contributed by atoms with Crippen molar-refractivity contribution in [1.82, 2.24) is 0 Å². The number of hydrogen-bond donors (Lipinski definition) is 0. The maximum absolute atomic E-state index is 2.35. The van der Waals surface area contributed by atoms with Gasteiger partial charge in [0.15, 0.2) is 0 Å². The predicted molar refractivity (Wildman–Crippen MR) is 70.2 cm³/mol. The zero-order valence-electron chi connectivity index (χ0n) is 9.70. The highest BCUT2D eigenvalue weighted by Gasteiger charge is 1.93. The summed E-state index contributed by atoms with van der Waals surface area (Å²) >= 11 is 1.86. The van der Waals surface area contributed by atoms with Gasteiger partial charge >= 0.3 is 0 Å². The molecule has 0 radical (unpaired) electrons. The summed E-state index contributed by atoms with van der Waals surface area (Å²) in [5.41, 5.74) is 0. The van der Waals surface area contributed by atoms with Crippen molar-refractivity contribution in [1.29, 1.82) is 0 Å². The molecule has 0 aliphatic heterocycles. The topological polar surface area (TPSA) is 0 Å². The van der Waals surface area contributed by atoms with Crippen molar-refractivity contribution in [3.63, 3.8) is 0 Å². The molecule has 0 amide bonds. The smallest absolute Gasteiger partial charge is 0.0118 e. The highest BCUT2D eigenvalue weighted by Crippen LogP contribution is 2.26. The zero-order chi connectivity index (χ0) is 10.9. The molecule has 15 heavy (non-hydrogen) atoms. The Kier molecular flexibility index (Phi) is 6.26. The van der Waals surface area contributed by atoms with Crippen molar-refractivity contribution in [2.75, 3.05) is 0 Å². The van der Waals surface area contributed by atoms with Crippen molar-refractivity contribution in [3.8, 4) is 0 Å². The number of thioether (sulfide) groups is 1. The Balaban J connectivity index is 2.32. The van der Waals surface area contributed by atoms with Gasteiger partial charge in [0.1, 0.15) is 0 Å². The molecule has 82 valence electrons. The molecule has 1 aromatic rings. The lowest BCUT2D eigenvalue weighted by molar-refractivity contribution is 0.728. The van der Waals surface area contributed by atoms with Gasteiger partial charge in [-0.1, -0.05) is 55.8 Å². The Morgan fingerprint density at radius 3 is 2.60 bits per heavy atom. The second-order valence-corrected chi connectivity index (χ2v) is 5.05. The van der Waals surface area contributed by atoms with Gasteiger partial charge in [0.2, 0.25) is 0 Å². The van der Waals surface area contributed by atoms with Crippen LogP contribution in [0.5, 0.6) is 0 Å². The summed E-state index contributed by atoms with van der Waals surface area (Å²) in [5, 5.41) is 0. The summed E-state index contributed by atoms with van der Waals surface area (Å²) in [5.74, 6) is 0. The molecule has 0 aliphatic carbocycles. The van der Waals surface area contributed by atoms with Gasteiger partial charge in [-0.15, -0.1) is 0 Å². The molecular formula is C14H20S. The normalized spacial score (nSPS) is 11.7. The van der Waals surface area contributed by atoms with Crippen LogP contribution in [0.1, 0.15) is 39.5 Å². The van der Waals surface area contributed by atoms with Gasteiger partial charge in [0.25, 0.3) is 0 Å². The molecule has 0 spiro atoms. The van der Waals surface area contributed by atoms with Gasteiger partial charge in [-0.05, 0) is 36.8 Å². The van der Waals surface area contributed by atoms with E-state index >= 15 is 0 Å². The largest absolute Gasteiger partial charge is 0.0952 e. The quantitative estimate of drug-likeness (QED) is 0.465. The van der Waals surface area contributed by atoms with E-state index in [4.69, 9.17) is 0 Å². The minimum Gasteiger partial charge on any atom is -0.0952 e. The Bertz CT molecular complexity index is 287.